The van der Waals surface area contributed by atoms with Crippen molar-refractivity contribution in [2.75, 3.05) is 24.3 Å². The van der Waals surface area contributed by atoms with E-state index in [-0.39, 0.29) is 13.2 Å². The Morgan fingerprint density at radius 3 is 2.53 bits per heavy atom. The smallest absolute Gasteiger partial charge is 0.135 e. The van der Waals surface area contributed by atoms with Gasteiger partial charge in [-0.3, -0.25) is 0 Å². The maximum Gasteiger partial charge on any atom is 0.135 e. The fraction of sp³-hybridized carbons (Fsp3) is 0.636. The monoisotopic (exact) mass is 240 g/mol. The molecule has 17 heavy (non-hydrogen) atoms. The fourth-order valence-electron chi connectivity index (χ4n) is 1.45. The number of nitrogens with one attached hydrogen (secondary N) is 1. The molecule has 96 valence electrons. The van der Waals surface area contributed by atoms with Gasteiger partial charge in [-0.15, -0.1) is 0 Å². The summed E-state index contributed by atoms with van der Waals surface area (Å²) in [7, 11) is 0. The molecule has 0 saturated carbocycles. The first kappa shape index (κ1) is 13.7. The average Bonchev–Trinajstić information content (AvgIpc) is 2.33. The number of anilines is 2. The van der Waals surface area contributed by atoms with E-state index >= 15 is 0 Å². The van der Waals surface area contributed by atoms with Crippen molar-refractivity contribution in [3.63, 3.8) is 0 Å². The van der Waals surface area contributed by atoms with Crippen LogP contribution in [-0.4, -0.2) is 38.9 Å². The van der Waals surface area contributed by atoms with Crippen LogP contribution in [0, 0.1) is 0 Å². The lowest BCUT2D eigenvalue weighted by molar-refractivity contribution is 0.147. The normalized spacial score (nSPS) is 11.5. The summed E-state index contributed by atoms with van der Waals surface area (Å²) in [5, 5.41) is 21.5. The van der Waals surface area contributed by atoms with E-state index in [9.17, 15) is 10.2 Å². The number of rotatable bonds is 6. The van der Waals surface area contributed by atoms with Gasteiger partial charge >= 0.3 is 0 Å². The highest BCUT2D eigenvalue weighted by atomic mass is 16.3. The van der Waals surface area contributed by atoms with Gasteiger partial charge in [0, 0.05) is 5.56 Å². The van der Waals surface area contributed by atoms with Crippen molar-refractivity contribution in [2.45, 2.75) is 32.2 Å². The average molecular weight is 240 g/mol. The summed E-state index contributed by atoms with van der Waals surface area (Å²) >= 11 is 0. The second kappa shape index (κ2) is 5.79. The maximum absolute atomic E-state index is 9.24. The van der Waals surface area contributed by atoms with Gasteiger partial charge in [-0.1, -0.05) is 13.3 Å². The molecular formula is C11H20N4O2. The summed E-state index contributed by atoms with van der Waals surface area (Å²) in [4.78, 5) is 8.06. The molecule has 0 fully saturated rings. The molecule has 1 aromatic rings. The third-order valence-electron chi connectivity index (χ3n) is 2.60. The number of aliphatic hydroxyl groups is 2. The molecule has 0 aliphatic carbocycles. The first-order chi connectivity index (χ1) is 8.06. The topological polar surface area (TPSA) is 104 Å². The Kier molecular flexibility index (Phi) is 4.65. The van der Waals surface area contributed by atoms with Crippen molar-refractivity contribution in [3.8, 4) is 0 Å². The van der Waals surface area contributed by atoms with Gasteiger partial charge in [-0.25, -0.2) is 9.97 Å². The van der Waals surface area contributed by atoms with Crippen LogP contribution in [0.1, 0.15) is 25.8 Å². The van der Waals surface area contributed by atoms with E-state index in [4.69, 9.17) is 5.73 Å². The van der Waals surface area contributed by atoms with Gasteiger partial charge < -0.3 is 21.3 Å². The predicted octanol–water partition coefficient (Wildman–Crippen LogP) is 0.167. The van der Waals surface area contributed by atoms with Crippen LogP contribution in [0.2, 0.25) is 0 Å². The molecule has 0 atom stereocenters. The third kappa shape index (κ3) is 3.28. The van der Waals surface area contributed by atoms with Crippen molar-refractivity contribution >= 4 is 11.6 Å². The number of hydrogen-bond donors (Lipinski definition) is 4. The van der Waals surface area contributed by atoms with Gasteiger partial charge in [0.2, 0.25) is 0 Å². The predicted molar refractivity (Wildman–Crippen MR) is 66.6 cm³/mol. The summed E-state index contributed by atoms with van der Waals surface area (Å²) < 4.78 is 0. The second-order valence-corrected chi connectivity index (χ2v) is 4.34. The van der Waals surface area contributed by atoms with Crippen LogP contribution in [-0.2, 0) is 6.42 Å². The van der Waals surface area contributed by atoms with Crippen LogP contribution in [0.25, 0.3) is 0 Å². The molecule has 6 nitrogen and oxygen atoms in total. The van der Waals surface area contributed by atoms with Gasteiger partial charge in [-0.05, 0) is 13.3 Å². The van der Waals surface area contributed by atoms with Crippen LogP contribution in [0.5, 0.6) is 0 Å². The molecule has 0 amide bonds. The molecule has 0 aliphatic heterocycles. The van der Waals surface area contributed by atoms with E-state index in [1.54, 1.807) is 6.92 Å². The van der Waals surface area contributed by atoms with Crippen molar-refractivity contribution in [3.05, 3.63) is 11.9 Å². The number of aromatic nitrogens is 2. The molecule has 5 N–H and O–H groups in total. The van der Waals surface area contributed by atoms with E-state index in [2.05, 4.69) is 15.3 Å². The minimum absolute atomic E-state index is 0.195. The molecule has 1 heterocycles. The highest BCUT2D eigenvalue weighted by Crippen LogP contribution is 2.22. The van der Waals surface area contributed by atoms with Gasteiger partial charge in [0.15, 0.2) is 0 Å². The standard InChI is InChI=1S/C11H20N4O2/c1-3-4-8-9(12)13-7-14-10(8)15-11(2,5-16)6-17/h7,16-17H,3-6H2,1-2H3,(H3,12,13,14,15). The van der Waals surface area contributed by atoms with Gasteiger partial charge in [0.05, 0.1) is 18.8 Å². The minimum atomic E-state index is -0.816. The lowest BCUT2D eigenvalue weighted by Crippen LogP contribution is -2.43. The van der Waals surface area contributed by atoms with Crippen molar-refractivity contribution in [1.82, 2.24) is 9.97 Å². The Bertz CT molecular complexity index is 366. The summed E-state index contributed by atoms with van der Waals surface area (Å²) in [6.07, 6.45) is 3.04. The van der Waals surface area contributed by atoms with E-state index in [1.165, 1.54) is 6.33 Å². The SMILES string of the molecule is CCCc1c(N)ncnc1NC(C)(CO)CO. The lowest BCUT2D eigenvalue weighted by atomic mass is 10.0. The third-order valence-corrected chi connectivity index (χ3v) is 2.60. The van der Waals surface area contributed by atoms with Crippen LogP contribution >= 0.6 is 0 Å². The number of hydrogen-bond acceptors (Lipinski definition) is 6. The van der Waals surface area contributed by atoms with Gasteiger partial charge in [-0.2, -0.15) is 0 Å². The molecule has 0 aliphatic rings. The highest BCUT2D eigenvalue weighted by molar-refractivity contribution is 5.56. The molecule has 0 aromatic carbocycles. The van der Waals surface area contributed by atoms with Crippen LogP contribution in [0.15, 0.2) is 6.33 Å². The molecule has 0 radical (unpaired) electrons. The fourth-order valence-corrected chi connectivity index (χ4v) is 1.45. The Balaban J connectivity index is 3.01. The Labute approximate surface area is 101 Å². The number of nitrogen functional groups attached to an aromatic ring is 1. The number of nitrogens with two attached hydrogens (primary N) is 1. The van der Waals surface area contributed by atoms with Gasteiger partial charge in [0.1, 0.15) is 18.0 Å². The molecule has 0 bridgehead atoms. The zero-order valence-corrected chi connectivity index (χ0v) is 10.3. The van der Waals surface area contributed by atoms with Crippen LogP contribution in [0.3, 0.4) is 0 Å². The van der Waals surface area contributed by atoms with E-state index in [1.807, 2.05) is 6.92 Å². The maximum atomic E-state index is 9.24. The van der Waals surface area contributed by atoms with E-state index in [0.29, 0.717) is 11.6 Å². The molecule has 1 aromatic heterocycles. The molecule has 1 rings (SSSR count). The Hall–Kier alpha value is -1.40. The zero-order chi connectivity index (χ0) is 12.9. The Morgan fingerprint density at radius 1 is 1.35 bits per heavy atom. The number of aliphatic hydroxyl groups excluding tert-OH is 2. The van der Waals surface area contributed by atoms with E-state index < -0.39 is 5.54 Å². The lowest BCUT2D eigenvalue weighted by Gasteiger charge is -2.28. The highest BCUT2D eigenvalue weighted by Gasteiger charge is 2.24. The first-order valence-electron chi connectivity index (χ1n) is 5.65. The quantitative estimate of drug-likeness (QED) is 0.565. The minimum Gasteiger partial charge on any atom is -0.394 e. The molecule has 0 unspecified atom stereocenters. The van der Waals surface area contributed by atoms with Crippen molar-refractivity contribution < 1.29 is 10.2 Å². The largest absolute Gasteiger partial charge is 0.394 e. The number of nitrogens with zero attached hydrogens (tertiary/aromatic N) is 2. The van der Waals surface area contributed by atoms with Gasteiger partial charge in [0.25, 0.3) is 0 Å². The molecule has 0 saturated heterocycles. The first-order valence-corrected chi connectivity index (χ1v) is 5.65. The van der Waals surface area contributed by atoms with Crippen LogP contribution in [0.4, 0.5) is 11.6 Å². The summed E-state index contributed by atoms with van der Waals surface area (Å²) in [5.41, 5.74) is 5.80. The summed E-state index contributed by atoms with van der Waals surface area (Å²) in [5.74, 6) is 1.01. The Morgan fingerprint density at radius 2 is 2.00 bits per heavy atom. The van der Waals surface area contributed by atoms with Crippen molar-refractivity contribution in [1.29, 1.82) is 0 Å². The second-order valence-electron chi connectivity index (χ2n) is 4.34. The summed E-state index contributed by atoms with van der Waals surface area (Å²) in [6, 6.07) is 0. The van der Waals surface area contributed by atoms with Crippen LogP contribution < -0.4 is 11.1 Å². The molecule has 6 heteroatoms. The molecule has 0 spiro atoms. The zero-order valence-electron chi connectivity index (χ0n) is 10.3. The van der Waals surface area contributed by atoms with E-state index in [0.717, 1.165) is 18.4 Å². The molecular weight excluding hydrogens is 220 g/mol. The van der Waals surface area contributed by atoms with Crippen molar-refractivity contribution in [2.24, 2.45) is 0 Å². The summed E-state index contributed by atoms with van der Waals surface area (Å²) in [6.45, 7) is 3.35.